The minimum atomic E-state index is 0.902. The molecule has 146 valence electrons. The lowest BCUT2D eigenvalue weighted by atomic mass is 10.1. The molecular weight excluding hydrogens is 346 g/mol. The Kier molecular flexibility index (Phi) is 5.40. The molecule has 4 nitrogen and oxygen atoms in total. The van der Waals surface area contributed by atoms with Gasteiger partial charge in [0, 0.05) is 50.3 Å². The summed E-state index contributed by atoms with van der Waals surface area (Å²) in [5.74, 6) is 0.902. The maximum atomic E-state index is 5.56. The van der Waals surface area contributed by atoms with Gasteiger partial charge in [0.15, 0.2) is 0 Å². The van der Waals surface area contributed by atoms with E-state index in [-0.39, 0.29) is 0 Å². The highest BCUT2D eigenvalue weighted by atomic mass is 16.5. The highest BCUT2D eigenvalue weighted by Crippen LogP contribution is 2.26. The lowest BCUT2D eigenvalue weighted by molar-refractivity contribution is 0.245. The molecule has 0 amide bonds. The molecule has 1 fully saturated rings. The van der Waals surface area contributed by atoms with Gasteiger partial charge in [-0.25, -0.2) is 0 Å². The Bertz CT molecular complexity index is 939. The fourth-order valence-electron chi connectivity index (χ4n) is 4.06. The van der Waals surface area contributed by atoms with Crippen LogP contribution in [0, 0.1) is 13.8 Å². The number of aromatic nitrogens is 1. The van der Waals surface area contributed by atoms with Crippen molar-refractivity contribution in [2.45, 2.75) is 20.4 Å². The van der Waals surface area contributed by atoms with Crippen LogP contribution in [0.1, 0.15) is 16.8 Å². The van der Waals surface area contributed by atoms with E-state index in [2.05, 4.69) is 76.9 Å². The van der Waals surface area contributed by atoms with Crippen molar-refractivity contribution < 1.29 is 4.74 Å². The van der Waals surface area contributed by atoms with Gasteiger partial charge >= 0.3 is 0 Å². The van der Waals surface area contributed by atoms with Crippen molar-refractivity contribution in [3.8, 4) is 11.4 Å². The maximum absolute atomic E-state index is 5.56. The molecule has 0 radical (unpaired) electrons. The van der Waals surface area contributed by atoms with E-state index in [9.17, 15) is 0 Å². The highest BCUT2D eigenvalue weighted by Gasteiger charge is 2.20. The van der Waals surface area contributed by atoms with Crippen LogP contribution >= 0.6 is 0 Å². The van der Waals surface area contributed by atoms with Gasteiger partial charge in [-0.2, -0.15) is 0 Å². The van der Waals surface area contributed by atoms with Crippen LogP contribution in [0.2, 0.25) is 0 Å². The molecule has 1 aliphatic heterocycles. The fraction of sp³-hybridized carbons (Fsp3) is 0.333. The lowest BCUT2D eigenvalue weighted by Gasteiger charge is -2.37. The molecule has 0 unspecified atom stereocenters. The smallest absolute Gasteiger partial charge is 0.142 e. The molecule has 2 heterocycles. The molecule has 4 heteroatoms. The normalized spacial score (nSPS) is 15.0. The zero-order chi connectivity index (χ0) is 19.5. The molecule has 0 aliphatic carbocycles. The molecule has 0 bridgehead atoms. The molecule has 0 N–H and O–H groups in total. The van der Waals surface area contributed by atoms with Crippen LogP contribution in [0.4, 0.5) is 5.69 Å². The zero-order valence-corrected chi connectivity index (χ0v) is 17.1. The van der Waals surface area contributed by atoms with Gasteiger partial charge in [-0.3, -0.25) is 4.90 Å². The van der Waals surface area contributed by atoms with Crippen LogP contribution in [0.25, 0.3) is 5.69 Å². The van der Waals surface area contributed by atoms with Gasteiger partial charge in [0.05, 0.1) is 12.8 Å². The number of para-hydroxylation sites is 2. The number of hydrogen-bond acceptors (Lipinski definition) is 3. The van der Waals surface area contributed by atoms with E-state index in [1.54, 1.807) is 7.11 Å². The molecular formula is C24H29N3O. The summed E-state index contributed by atoms with van der Waals surface area (Å²) in [6, 6.07) is 19.2. The SMILES string of the molecule is COc1ccccc1-n1cccc1CN1CCN(c2cccc(C)c2C)CC1. The van der Waals surface area contributed by atoms with E-state index >= 15 is 0 Å². The second-order valence-corrected chi connectivity index (χ2v) is 7.52. The summed E-state index contributed by atoms with van der Waals surface area (Å²) in [5, 5.41) is 0. The Morgan fingerprint density at radius 2 is 1.57 bits per heavy atom. The van der Waals surface area contributed by atoms with Crippen LogP contribution in [0.5, 0.6) is 5.75 Å². The van der Waals surface area contributed by atoms with Crippen molar-refractivity contribution in [1.82, 2.24) is 9.47 Å². The first-order chi connectivity index (χ1) is 13.7. The fourth-order valence-corrected chi connectivity index (χ4v) is 4.06. The molecule has 1 aromatic heterocycles. The number of anilines is 1. The average molecular weight is 376 g/mol. The zero-order valence-electron chi connectivity index (χ0n) is 17.1. The number of rotatable bonds is 5. The Labute approximate surface area is 168 Å². The Morgan fingerprint density at radius 3 is 2.36 bits per heavy atom. The standard InChI is InChI=1S/C24H29N3O/c1-19-8-6-11-22(20(19)2)26-16-14-25(15-17-26)18-21-9-7-13-27(21)23-10-4-5-12-24(23)28-3/h4-13H,14-18H2,1-3H3. The molecule has 3 aromatic rings. The van der Waals surface area contributed by atoms with Crippen LogP contribution < -0.4 is 9.64 Å². The van der Waals surface area contributed by atoms with Crippen molar-refractivity contribution in [3.05, 3.63) is 77.6 Å². The van der Waals surface area contributed by atoms with Crippen molar-refractivity contribution in [2.24, 2.45) is 0 Å². The van der Waals surface area contributed by atoms with Crippen LogP contribution in [-0.4, -0.2) is 42.8 Å². The first-order valence-electron chi connectivity index (χ1n) is 10.0. The summed E-state index contributed by atoms with van der Waals surface area (Å²) in [4.78, 5) is 5.07. The van der Waals surface area contributed by atoms with Crippen molar-refractivity contribution in [2.75, 3.05) is 38.2 Å². The average Bonchev–Trinajstić information content (AvgIpc) is 3.18. The van der Waals surface area contributed by atoms with E-state index < -0.39 is 0 Å². The van der Waals surface area contributed by atoms with Gasteiger partial charge in [-0.15, -0.1) is 0 Å². The molecule has 2 aromatic carbocycles. The number of nitrogens with zero attached hydrogens (tertiary/aromatic N) is 3. The van der Waals surface area contributed by atoms with Crippen molar-refractivity contribution >= 4 is 5.69 Å². The Balaban J connectivity index is 1.45. The van der Waals surface area contributed by atoms with E-state index in [1.807, 2.05) is 12.1 Å². The van der Waals surface area contributed by atoms with Gasteiger partial charge in [0.1, 0.15) is 5.75 Å². The van der Waals surface area contributed by atoms with Gasteiger partial charge in [-0.1, -0.05) is 24.3 Å². The van der Waals surface area contributed by atoms with E-state index in [0.29, 0.717) is 0 Å². The number of ether oxygens (including phenoxy) is 1. The summed E-state index contributed by atoms with van der Waals surface area (Å²) >= 11 is 0. The summed E-state index contributed by atoms with van der Waals surface area (Å²) in [5.41, 5.74) is 6.55. The Hall–Kier alpha value is -2.72. The molecule has 28 heavy (non-hydrogen) atoms. The van der Waals surface area contributed by atoms with Gasteiger partial charge in [0.2, 0.25) is 0 Å². The largest absolute Gasteiger partial charge is 0.495 e. The summed E-state index contributed by atoms with van der Waals surface area (Å²) in [6.45, 7) is 9.66. The second-order valence-electron chi connectivity index (χ2n) is 7.52. The maximum Gasteiger partial charge on any atom is 0.142 e. The molecule has 1 aliphatic rings. The predicted octanol–water partition coefficient (Wildman–Crippen LogP) is 4.42. The topological polar surface area (TPSA) is 20.6 Å². The van der Waals surface area contributed by atoms with Crippen molar-refractivity contribution in [3.63, 3.8) is 0 Å². The second kappa shape index (κ2) is 8.11. The first-order valence-corrected chi connectivity index (χ1v) is 10.0. The minimum absolute atomic E-state index is 0.902. The molecule has 0 saturated carbocycles. The molecule has 4 rings (SSSR count). The number of aryl methyl sites for hydroxylation is 1. The first kappa shape index (κ1) is 18.6. The molecule has 1 saturated heterocycles. The number of methoxy groups -OCH3 is 1. The highest BCUT2D eigenvalue weighted by molar-refractivity contribution is 5.56. The Morgan fingerprint density at radius 1 is 0.821 bits per heavy atom. The third-order valence-corrected chi connectivity index (χ3v) is 5.85. The van der Waals surface area contributed by atoms with Crippen LogP contribution in [0.3, 0.4) is 0 Å². The van der Waals surface area contributed by atoms with E-state index in [4.69, 9.17) is 4.74 Å². The van der Waals surface area contributed by atoms with Gasteiger partial charge in [0.25, 0.3) is 0 Å². The number of piperazine rings is 1. The predicted molar refractivity (Wildman–Crippen MR) is 116 cm³/mol. The summed E-state index contributed by atoms with van der Waals surface area (Å²) in [7, 11) is 1.73. The lowest BCUT2D eigenvalue weighted by Crippen LogP contribution is -2.46. The third kappa shape index (κ3) is 3.65. The van der Waals surface area contributed by atoms with Gasteiger partial charge in [-0.05, 0) is 55.3 Å². The van der Waals surface area contributed by atoms with Crippen LogP contribution in [0.15, 0.2) is 60.8 Å². The monoisotopic (exact) mass is 375 g/mol. The third-order valence-electron chi connectivity index (χ3n) is 5.85. The van der Waals surface area contributed by atoms with E-state index in [1.165, 1.54) is 22.5 Å². The van der Waals surface area contributed by atoms with Gasteiger partial charge < -0.3 is 14.2 Å². The summed E-state index contributed by atoms with van der Waals surface area (Å²) < 4.78 is 7.80. The van der Waals surface area contributed by atoms with Crippen LogP contribution in [-0.2, 0) is 6.54 Å². The summed E-state index contributed by atoms with van der Waals surface area (Å²) in [6.07, 6.45) is 2.12. The molecule has 0 spiro atoms. The minimum Gasteiger partial charge on any atom is -0.495 e. The van der Waals surface area contributed by atoms with E-state index in [0.717, 1.165) is 44.2 Å². The quantitative estimate of drug-likeness (QED) is 0.658. The molecule has 0 atom stereocenters. The number of hydrogen-bond donors (Lipinski definition) is 0. The van der Waals surface area contributed by atoms with Crippen molar-refractivity contribution in [1.29, 1.82) is 0 Å². The number of benzene rings is 2.